The minimum atomic E-state index is -0.899. The third-order valence-corrected chi connectivity index (χ3v) is 2.89. The van der Waals surface area contributed by atoms with Gasteiger partial charge in [-0.2, -0.15) is 0 Å². The third kappa shape index (κ3) is 3.14. The Morgan fingerprint density at radius 2 is 1.95 bits per heavy atom. The highest BCUT2D eigenvalue weighted by molar-refractivity contribution is 9.10. The molecule has 0 aliphatic heterocycles. The van der Waals surface area contributed by atoms with Gasteiger partial charge >= 0.3 is 0 Å². The fraction of sp³-hybridized carbons (Fsp3) is 0.0769. The molecule has 98 valence electrons. The molecule has 1 heterocycles. The molecule has 1 amide bonds. The number of nitrogens with zero attached hydrogens (tertiary/aromatic N) is 1. The zero-order chi connectivity index (χ0) is 14.0. The summed E-state index contributed by atoms with van der Waals surface area (Å²) in [6.45, 7) is 1.46. The minimum absolute atomic E-state index is 0.207. The second-order valence-corrected chi connectivity index (χ2v) is 4.84. The van der Waals surface area contributed by atoms with E-state index in [1.807, 2.05) is 0 Å². The highest BCUT2D eigenvalue weighted by Gasteiger charge is 2.14. The van der Waals surface area contributed by atoms with Gasteiger partial charge in [0.25, 0.3) is 5.91 Å². The molecule has 0 spiro atoms. The van der Waals surface area contributed by atoms with E-state index in [4.69, 9.17) is 0 Å². The molecule has 1 aromatic heterocycles. The zero-order valence-corrected chi connectivity index (χ0v) is 11.5. The second-order valence-electron chi connectivity index (χ2n) is 3.93. The van der Waals surface area contributed by atoms with Crippen LogP contribution in [-0.4, -0.2) is 10.9 Å². The minimum Gasteiger partial charge on any atom is -0.320 e. The fourth-order valence-electron chi connectivity index (χ4n) is 1.51. The molecule has 0 saturated heterocycles. The van der Waals surface area contributed by atoms with Crippen LogP contribution in [0.15, 0.2) is 35.1 Å². The second kappa shape index (κ2) is 5.44. The van der Waals surface area contributed by atoms with Crippen LogP contribution in [0.25, 0.3) is 0 Å². The van der Waals surface area contributed by atoms with Gasteiger partial charge in [0.1, 0.15) is 11.6 Å². The van der Waals surface area contributed by atoms with E-state index in [0.29, 0.717) is 16.2 Å². The van der Waals surface area contributed by atoms with Crippen LogP contribution >= 0.6 is 15.9 Å². The molecule has 0 fully saturated rings. The number of benzene rings is 1. The van der Waals surface area contributed by atoms with E-state index < -0.39 is 17.5 Å². The Balaban J connectivity index is 2.28. The van der Waals surface area contributed by atoms with Gasteiger partial charge in [-0.15, -0.1) is 0 Å². The van der Waals surface area contributed by atoms with Crippen LogP contribution in [-0.2, 0) is 0 Å². The van der Waals surface area contributed by atoms with Crippen LogP contribution < -0.4 is 5.32 Å². The number of carbonyl (C=O) groups excluding carboxylic acids is 1. The Labute approximate surface area is 116 Å². The fourth-order valence-corrected chi connectivity index (χ4v) is 1.87. The zero-order valence-electron chi connectivity index (χ0n) is 9.88. The van der Waals surface area contributed by atoms with Gasteiger partial charge in [-0.05, 0) is 40.5 Å². The molecule has 0 unspecified atom stereocenters. The van der Waals surface area contributed by atoms with Crippen molar-refractivity contribution in [3.05, 3.63) is 57.8 Å². The smallest absolute Gasteiger partial charge is 0.258 e. The predicted molar refractivity (Wildman–Crippen MR) is 71.0 cm³/mol. The van der Waals surface area contributed by atoms with Crippen LogP contribution in [0.4, 0.5) is 14.5 Å². The molecule has 3 nitrogen and oxygen atoms in total. The lowest BCUT2D eigenvalue weighted by Gasteiger charge is -2.07. The third-order valence-electron chi connectivity index (χ3n) is 2.46. The summed E-state index contributed by atoms with van der Waals surface area (Å²) in [7, 11) is 0. The van der Waals surface area contributed by atoms with Crippen LogP contribution in [0.2, 0.25) is 0 Å². The normalized spacial score (nSPS) is 10.3. The Hall–Kier alpha value is -1.82. The lowest BCUT2D eigenvalue weighted by atomic mass is 10.1. The standard InChI is InChI=1S/C13H9BrF2N2O/c1-7-2-10(12(16)4-11(7)15)13(19)18-9-3-8(14)5-17-6-9/h2-6H,1H3,(H,18,19). The van der Waals surface area contributed by atoms with E-state index in [9.17, 15) is 13.6 Å². The van der Waals surface area contributed by atoms with Crippen LogP contribution in [0.3, 0.4) is 0 Å². The summed E-state index contributed by atoms with van der Waals surface area (Å²) < 4.78 is 27.3. The SMILES string of the molecule is Cc1cc(C(=O)Nc2cncc(Br)c2)c(F)cc1F. The highest BCUT2D eigenvalue weighted by atomic mass is 79.9. The number of hydrogen-bond donors (Lipinski definition) is 1. The van der Waals surface area contributed by atoms with Gasteiger partial charge in [-0.1, -0.05) is 0 Å². The molecular weight excluding hydrogens is 318 g/mol. The van der Waals surface area contributed by atoms with E-state index in [-0.39, 0.29) is 11.1 Å². The van der Waals surface area contributed by atoms with E-state index in [1.54, 1.807) is 12.3 Å². The first-order valence-electron chi connectivity index (χ1n) is 5.35. The van der Waals surface area contributed by atoms with Crippen LogP contribution in [0.5, 0.6) is 0 Å². The number of aromatic nitrogens is 1. The molecular formula is C13H9BrF2N2O. The molecule has 6 heteroatoms. The van der Waals surface area contributed by atoms with E-state index in [2.05, 4.69) is 26.2 Å². The summed E-state index contributed by atoms with van der Waals surface area (Å²) in [5.74, 6) is -2.23. The predicted octanol–water partition coefficient (Wildman–Crippen LogP) is 3.68. The first-order valence-corrected chi connectivity index (χ1v) is 6.14. The molecule has 0 saturated carbocycles. The van der Waals surface area contributed by atoms with Crippen LogP contribution in [0.1, 0.15) is 15.9 Å². The quantitative estimate of drug-likeness (QED) is 0.914. The van der Waals surface area contributed by atoms with Crippen molar-refractivity contribution in [2.45, 2.75) is 6.92 Å². The largest absolute Gasteiger partial charge is 0.320 e. The average Bonchev–Trinajstić information content (AvgIpc) is 2.33. The molecule has 0 bridgehead atoms. The van der Waals surface area contributed by atoms with Crippen molar-refractivity contribution in [1.82, 2.24) is 4.98 Å². The van der Waals surface area contributed by atoms with Gasteiger partial charge < -0.3 is 5.32 Å². The number of rotatable bonds is 2. The number of aryl methyl sites for hydroxylation is 1. The Bertz CT molecular complexity index is 647. The summed E-state index contributed by atoms with van der Waals surface area (Å²) in [4.78, 5) is 15.8. The molecule has 0 aliphatic rings. The Morgan fingerprint density at radius 1 is 1.21 bits per heavy atom. The van der Waals surface area contributed by atoms with Crippen molar-refractivity contribution in [3.63, 3.8) is 0 Å². The van der Waals surface area contributed by atoms with Crippen molar-refractivity contribution >= 4 is 27.5 Å². The van der Waals surface area contributed by atoms with Gasteiger partial charge in [0, 0.05) is 16.7 Å². The monoisotopic (exact) mass is 326 g/mol. The Kier molecular flexibility index (Phi) is 3.90. The van der Waals surface area contributed by atoms with Gasteiger partial charge in [0.2, 0.25) is 0 Å². The summed E-state index contributed by atoms with van der Waals surface area (Å²) in [6.07, 6.45) is 2.98. The van der Waals surface area contributed by atoms with Crippen LogP contribution in [0, 0.1) is 18.6 Å². The van der Waals surface area contributed by atoms with Crippen molar-refractivity contribution < 1.29 is 13.6 Å². The molecule has 0 aliphatic carbocycles. The molecule has 1 N–H and O–H groups in total. The summed E-state index contributed by atoms with van der Waals surface area (Å²) in [5, 5.41) is 2.49. The number of carbonyl (C=O) groups is 1. The number of pyridine rings is 1. The molecule has 2 aromatic rings. The highest BCUT2D eigenvalue weighted by Crippen LogP contribution is 2.18. The molecule has 1 aromatic carbocycles. The van der Waals surface area contributed by atoms with Crippen molar-refractivity contribution in [2.24, 2.45) is 0 Å². The average molecular weight is 327 g/mol. The number of halogens is 3. The molecule has 0 radical (unpaired) electrons. The summed E-state index contributed by atoms with van der Waals surface area (Å²) >= 11 is 3.21. The lowest BCUT2D eigenvalue weighted by molar-refractivity contribution is 0.102. The van der Waals surface area contributed by atoms with Crippen molar-refractivity contribution in [2.75, 3.05) is 5.32 Å². The van der Waals surface area contributed by atoms with E-state index >= 15 is 0 Å². The lowest BCUT2D eigenvalue weighted by Crippen LogP contribution is -2.14. The molecule has 0 atom stereocenters. The first-order chi connectivity index (χ1) is 8.97. The van der Waals surface area contributed by atoms with Gasteiger partial charge in [0.15, 0.2) is 0 Å². The maximum Gasteiger partial charge on any atom is 0.258 e. The number of hydrogen-bond acceptors (Lipinski definition) is 2. The summed E-state index contributed by atoms with van der Waals surface area (Å²) in [6, 6.07) is 3.49. The van der Waals surface area contributed by atoms with Crippen molar-refractivity contribution in [1.29, 1.82) is 0 Å². The van der Waals surface area contributed by atoms with Crippen molar-refractivity contribution in [3.8, 4) is 0 Å². The maximum absolute atomic E-state index is 13.5. The number of nitrogens with one attached hydrogen (secondary N) is 1. The molecule has 19 heavy (non-hydrogen) atoms. The first kappa shape index (κ1) is 13.6. The topological polar surface area (TPSA) is 42.0 Å². The van der Waals surface area contributed by atoms with E-state index in [0.717, 1.165) is 0 Å². The number of amides is 1. The van der Waals surface area contributed by atoms with Gasteiger partial charge in [-0.3, -0.25) is 9.78 Å². The van der Waals surface area contributed by atoms with E-state index in [1.165, 1.54) is 19.2 Å². The van der Waals surface area contributed by atoms with Gasteiger partial charge in [-0.25, -0.2) is 8.78 Å². The number of anilines is 1. The van der Waals surface area contributed by atoms with Gasteiger partial charge in [0.05, 0.1) is 17.4 Å². The maximum atomic E-state index is 13.5. The summed E-state index contributed by atoms with van der Waals surface area (Å²) in [5.41, 5.74) is 0.415. The Morgan fingerprint density at radius 3 is 2.63 bits per heavy atom. The molecule has 2 rings (SSSR count).